The van der Waals surface area contributed by atoms with Crippen LogP contribution < -0.4 is 10.6 Å². The maximum Gasteiger partial charge on any atom is 0.275 e. The molecule has 0 aliphatic carbocycles. The zero-order valence-electron chi connectivity index (χ0n) is 13.7. The lowest BCUT2D eigenvalue weighted by atomic mass is 10.1. The molecule has 26 heavy (non-hydrogen) atoms. The van der Waals surface area contributed by atoms with Crippen molar-refractivity contribution >= 4 is 40.6 Å². The predicted octanol–water partition coefficient (Wildman–Crippen LogP) is 4.69. The molecule has 7 heteroatoms. The first kappa shape index (κ1) is 18.2. The van der Waals surface area contributed by atoms with E-state index in [-0.39, 0.29) is 11.6 Å². The molecule has 0 aliphatic rings. The molecule has 2 N–H and O–H groups in total. The molecule has 0 radical (unpaired) electrons. The summed E-state index contributed by atoms with van der Waals surface area (Å²) in [5.74, 6) is 0.269. The van der Waals surface area contributed by atoms with E-state index in [4.69, 9.17) is 23.2 Å². The number of amides is 1. The van der Waals surface area contributed by atoms with Gasteiger partial charge in [-0.1, -0.05) is 41.4 Å². The Morgan fingerprint density at radius 2 is 1.77 bits per heavy atom. The smallest absolute Gasteiger partial charge is 0.275 e. The minimum Gasteiger partial charge on any atom is -0.368 e. The third-order valence-electron chi connectivity index (χ3n) is 3.60. The van der Waals surface area contributed by atoms with E-state index in [1.807, 2.05) is 24.3 Å². The molecule has 0 bridgehead atoms. The number of rotatable bonds is 6. The lowest BCUT2D eigenvalue weighted by molar-refractivity contribution is 0.102. The van der Waals surface area contributed by atoms with Gasteiger partial charge in [-0.2, -0.15) is 0 Å². The molecule has 0 spiro atoms. The summed E-state index contributed by atoms with van der Waals surface area (Å²) in [6, 6.07) is 14.6. The molecule has 3 aromatic rings. The standard InChI is InChI=1S/C19H16Cl2N4O/c20-14-6-4-13(5-7-14)8-9-22-18-12-23-17(11-24-18)19(26)25-16-3-1-2-15(21)10-16/h1-7,10-12H,8-9H2,(H,22,24)(H,25,26). The zero-order valence-corrected chi connectivity index (χ0v) is 15.3. The first-order chi connectivity index (χ1) is 12.6. The number of hydrogen-bond donors (Lipinski definition) is 2. The summed E-state index contributed by atoms with van der Waals surface area (Å²) in [4.78, 5) is 20.5. The molecule has 0 saturated carbocycles. The number of benzene rings is 2. The summed E-state index contributed by atoms with van der Waals surface area (Å²) in [5, 5.41) is 7.18. The Kier molecular flexibility index (Phi) is 6.04. The Morgan fingerprint density at radius 3 is 2.46 bits per heavy atom. The normalized spacial score (nSPS) is 10.4. The van der Waals surface area contributed by atoms with Crippen LogP contribution in [-0.4, -0.2) is 22.4 Å². The summed E-state index contributed by atoms with van der Waals surface area (Å²) in [6.07, 6.45) is 3.80. The highest BCUT2D eigenvalue weighted by Gasteiger charge is 2.08. The van der Waals surface area contributed by atoms with Crippen LogP contribution in [0.3, 0.4) is 0 Å². The van der Waals surface area contributed by atoms with E-state index in [0.717, 1.165) is 11.4 Å². The Labute approximate surface area is 161 Å². The average molecular weight is 387 g/mol. The minimum atomic E-state index is -0.340. The zero-order chi connectivity index (χ0) is 18.4. The lowest BCUT2D eigenvalue weighted by Crippen LogP contribution is -2.15. The van der Waals surface area contributed by atoms with Crippen LogP contribution in [0.25, 0.3) is 0 Å². The van der Waals surface area contributed by atoms with Gasteiger partial charge < -0.3 is 10.6 Å². The van der Waals surface area contributed by atoms with E-state index in [1.165, 1.54) is 18.0 Å². The van der Waals surface area contributed by atoms with Crippen LogP contribution in [0.5, 0.6) is 0 Å². The van der Waals surface area contributed by atoms with Gasteiger partial charge in [-0.25, -0.2) is 9.97 Å². The number of halogens is 2. The number of hydrogen-bond acceptors (Lipinski definition) is 4. The van der Waals surface area contributed by atoms with Crippen molar-refractivity contribution in [1.82, 2.24) is 9.97 Å². The fraction of sp³-hybridized carbons (Fsp3) is 0.105. The third kappa shape index (κ3) is 5.18. The van der Waals surface area contributed by atoms with E-state index in [1.54, 1.807) is 24.3 Å². The van der Waals surface area contributed by atoms with E-state index in [9.17, 15) is 4.79 Å². The Morgan fingerprint density at radius 1 is 0.962 bits per heavy atom. The number of nitrogens with zero attached hydrogens (tertiary/aromatic N) is 2. The minimum absolute atomic E-state index is 0.230. The van der Waals surface area contributed by atoms with Crippen molar-refractivity contribution in [1.29, 1.82) is 0 Å². The van der Waals surface area contributed by atoms with Crippen molar-refractivity contribution < 1.29 is 4.79 Å². The Bertz CT molecular complexity index is 883. The van der Waals surface area contributed by atoms with Gasteiger partial charge in [-0.15, -0.1) is 0 Å². The van der Waals surface area contributed by atoms with Gasteiger partial charge in [0.25, 0.3) is 5.91 Å². The van der Waals surface area contributed by atoms with Crippen molar-refractivity contribution in [3.8, 4) is 0 Å². The quantitative estimate of drug-likeness (QED) is 0.644. The van der Waals surface area contributed by atoms with E-state index >= 15 is 0 Å². The second-order valence-corrected chi connectivity index (χ2v) is 6.43. The second-order valence-electron chi connectivity index (χ2n) is 5.55. The van der Waals surface area contributed by atoms with Gasteiger partial charge in [0.1, 0.15) is 11.5 Å². The van der Waals surface area contributed by atoms with Gasteiger partial charge in [0.2, 0.25) is 0 Å². The van der Waals surface area contributed by atoms with Crippen molar-refractivity contribution in [2.45, 2.75) is 6.42 Å². The molecule has 1 amide bonds. The molecular weight excluding hydrogens is 371 g/mol. The van der Waals surface area contributed by atoms with Gasteiger partial charge in [-0.3, -0.25) is 4.79 Å². The van der Waals surface area contributed by atoms with Crippen molar-refractivity contribution in [2.24, 2.45) is 0 Å². The number of aromatic nitrogens is 2. The van der Waals surface area contributed by atoms with Gasteiger partial charge in [0.15, 0.2) is 0 Å². The van der Waals surface area contributed by atoms with Crippen LogP contribution >= 0.6 is 23.2 Å². The number of anilines is 2. The molecule has 0 saturated heterocycles. The van der Waals surface area contributed by atoms with Crippen LogP contribution in [-0.2, 0) is 6.42 Å². The van der Waals surface area contributed by atoms with E-state index in [2.05, 4.69) is 20.6 Å². The molecule has 0 unspecified atom stereocenters. The van der Waals surface area contributed by atoms with Crippen LogP contribution in [0, 0.1) is 0 Å². The van der Waals surface area contributed by atoms with Crippen LogP contribution in [0.2, 0.25) is 10.0 Å². The molecule has 132 valence electrons. The van der Waals surface area contributed by atoms with Gasteiger partial charge in [0.05, 0.1) is 12.4 Å². The van der Waals surface area contributed by atoms with Crippen molar-refractivity contribution in [3.05, 3.63) is 82.2 Å². The van der Waals surface area contributed by atoms with Crippen molar-refractivity contribution in [3.63, 3.8) is 0 Å². The number of carbonyl (C=O) groups is 1. The van der Waals surface area contributed by atoms with Gasteiger partial charge >= 0.3 is 0 Å². The lowest BCUT2D eigenvalue weighted by Gasteiger charge is -2.07. The highest BCUT2D eigenvalue weighted by molar-refractivity contribution is 6.31. The number of carbonyl (C=O) groups excluding carboxylic acids is 1. The maximum absolute atomic E-state index is 12.2. The SMILES string of the molecule is O=C(Nc1cccc(Cl)c1)c1cnc(NCCc2ccc(Cl)cc2)cn1. The molecule has 1 aromatic heterocycles. The first-order valence-electron chi connectivity index (χ1n) is 7.97. The van der Waals surface area contributed by atoms with Crippen LogP contribution in [0.1, 0.15) is 16.1 Å². The van der Waals surface area contributed by atoms with Crippen LogP contribution in [0.4, 0.5) is 11.5 Å². The summed E-state index contributed by atoms with van der Waals surface area (Å²) in [7, 11) is 0. The molecule has 0 fully saturated rings. The fourth-order valence-corrected chi connectivity index (χ4v) is 2.60. The fourth-order valence-electron chi connectivity index (χ4n) is 2.28. The van der Waals surface area contributed by atoms with Gasteiger partial charge in [0, 0.05) is 22.3 Å². The highest BCUT2D eigenvalue weighted by Crippen LogP contribution is 2.15. The molecular formula is C19H16Cl2N4O. The Hall–Kier alpha value is -2.63. The van der Waals surface area contributed by atoms with Crippen LogP contribution in [0.15, 0.2) is 60.9 Å². The molecule has 1 heterocycles. The van der Waals surface area contributed by atoms with Gasteiger partial charge in [-0.05, 0) is 42.3 Å². The average Bonchev–Trinajstić information content (AvgIpc) is 2.64. The maximum atomic E-state index is 12.2. The molecule has 2 aromatic carbocycles. The number of nitrogens with one attached hydrogen (secondary N) is 2. The highest BCUT2D eigenvalue weighted by atomic mass is 35.5. The molecule has 5 nitrogen and oxygen atoms in total. The molecule has 0 aliphatic heterocycles. The monoisotopic (exact) mass is 386 g/mol. The summed E-state index contributed by atoms with van der Waals surface area (Å²) < 4.78 is 0. The largest absolute Gasteiger partial charge is 0.368 e. The summed E-state index contributed by atoms with van der Waals surface area (Å²) in [6.45, 7) is 0.699. The summed E-state index contributed by atoms with van der Waals surface area (Å²) >= 11 is 11.8. The molecule has 3 rings (SSSR count). The van der Waals surface area contributed by atoms with E-state index in [0.29, 0.717) is 23.1 Å². The Balaban J connectivity index is 1.52. The van der Waals surface area contributed by atoms with Crippen molar-refractivity contribution in [2.75, 3.05) is 17.2 Å². The summed E-state index contributed by atoms with van der Waals surface area (Å²) in [5.41, 5.74) is 2.01. The second kappa shape index (κ2) is 8.65. The topological polar surface area (TPSA) is 66.9 Å². The predicted molar refractivity (Wildman–Crippen MR) is 105 cm³/mol. The first-order valence-corrected chi connectivity index (χ1v) is 8.73. The van der Waals surface area contributed by atoms with E-state index < -0.39 is 0 Å². The molecule has 0 atom stereocenters. The third-order valence-corrected chi connectivity index (χ3v) is 4.09.